The fourth-order valence-corrected chi connectivity index (χ4v) is 4.99. The van der Waals surface area contributed by atoms with Crippen molar-refractivity contribution in [1.82, 2.24) is 0 Å². The summed E-state index contributed by atoms with van der Waals surface area (Å²) in [5, 5.41) is 56.6. The molecule has 0 spiro atoms. The highest BCUT2D eigenvalue weighted by molar-refractivity contribution is 5.71. The number of carbonyl (C=O) groups excluding carboxylic acids is 3. The van der Waals surface area contributed by atoms with Gasteiger partial charge in [0.05, 0.1) is 30.5 Å². The molecule has 0 rings (SSSR count). The fraction of sp³-hybridized carbons (Fsp3) is 0.914. The first-order chi connectivity index (χ1) is 22.8. The van der Waals surface area contributed by atoms with Gasteiger partial charge in [-0.3, -0.25) is 14.4 Å². The summed E-state index contributed by atoms with van der Waals surface area (Å²) >= 11 is 0. The van der Waals surface area contributed by atoms with Crippen molar-refractivity contribution in [3.63, 3.8) is 0 Å². The number of hydrogen-bond donors (Lipinski definition) is 7. The number of hydrogen-bond acceptors (Lipinski definition) is 13. The molecule has 0 radical (unpaired) electrons. The number of carbonyl (C=O) groups is 3. The van der Waals surface area contributed by atoms with Crippen molar-refractivity contribution in [1.29, 1.82) is 0 Å². The molecular formula is C35H67NO12. The van der Waals surface area contributed by atoms with E-state index in [1.807, 2.05) is 0 Å². The number of unbranched alkanes of at least 4 members (excludes halogenated alkanes) is 12. The summed E-state index contributed by atoms with van der Waals surface area (Å²) in [4.78, 5) is 37.2. The second-order valence-electron chi connectivity index (χ2n) is 13.1. The van der Waals surface area contributed by atoms with Crippen LogP contribution in [0.4, 0.5) is 0 Å². The summed E-state index contributed by atoms with van der Waals surface area (Å²) in [6.07, 6.45) is 7.77. The highest BCUT2D eigenvalue weighted by atomic mass is 16.6. The van der Waals surface area contributed by atoms with E-state index in [2.05, 4.69) is 0 Å². The first-order valence-corrected chi connectivity index (χ1v) is 18.2. The van der Waals surface area contributed by atoms with E-state index in [4.69, 9.17) is 25.1 Å². The van der Waals surface area contributed by atoms with E-state index < -0.39 is 60.8 Å². The third-order valence-corrected chi connectivity index (χ3v) is 8.31. The minimum atomic E-state index is -1.25. The molecule has 0 amide bonds. The summed E-state index contributed by atoms with van der Waals surface area (Å²) in [5.74, 6) is -1.34. The Morgan fingerprint density at radius 2 is 0.792 bits per heavy atom. The van der Waals surface area contributed by atoms with Crippen LogP contribution in [0.2, 0.25) is 0 Å². The Hall–Kier alpha value is -1.87. The normalized spacial score (nSPS) is 15.9. The number of nitrogens with two attached hydrogens (primary N) is 1. The van der Waals surface area contributed by atoms with Gasteiger partial charge in [0.15, 0.2) is 6.10 Å². The summed E-state index contributed by atoms with van der Waals surface area (Å²) in [6, 6.07) is 0. The summed E-state index contributed by atoms with van der Waals surface area (Å²) < 4.78 is 16.2. The van der Waals surface area contributed by atoms with Gasteiger partial charge in [0.1, 0.15) is 19.4 Å². The lowest BCUT2D eigenvalue weighted by atomic mass is 10.0. The van der Waals surface area contributed by atoms with Crippen molar-refractivity contribution in [3.05, 3.63) is 0 Å². The van der Waals surface area contributed by atoms with Crippen LogP contribution in [-0.2, 0) is 28.6 Å². The van der Waals surface area contributed by atoms with Crippen LogP contribution in [0.15, 0.2) is 0 Å². The van der Waals surface area contributed by atoms with Crippen LogP contribution in [-0.4, -0.2) is 105 Å². The molecule has 0 aliphatic heterocycles. The molecular weight excluding hydrogens is 626 g/mol. The van der Waals surface area contributed by atoms with Crippen LogP contribution in [0.1, 0.15) is 149 Å². The molecule has 0 aliphatic carbocycles. The van der Waals surface area contributed by atoms with E-state index in [9.17, 15) is 39.9 Å². The van der Waals surface area contributed by atoms with Gasteiger partial charge in [-0.15, -0.1) is 0 Å². The smallest absolute Gasteiger partial charge is 0.306 e. The summed E-state index contributed by atoms with van der Waals surface area (Å²) in [6.45, 7) is 2.68. The maximum Gasteiger partial charge on any atom is 0.306 e. The molecule has 0 aliphatic rings. The van der Waals surface area contributed by atoms with Crippen LogP contribution in [0.5, 0.6) is 0 Å². The van der Waals surface area contributed by atoms with Crippen molar-refractivity contribution in [3.8, 4) is 0 Å². The lowest BCUT2D eigenvalue weighted by molar-refractivity contribution is -0.167. The molecule has 284 valence electrons. The molecule has 48 heavy (non-hydrogen) atoms. The predicted octanol–water partition coefficient (Wildman–Crippen LogP) is 3.30. The fourth-order valence-electron chi connectivity index (χ4n) is 4.99. The predicted molar refractivity (Wildman–Crippen MR) is 180 cm³/mol. The second kappa shape index (κ2) is 30.0. The van der Waals surface area contributed by atoms with E-state index in [0.717, 1.165) is 70.6 Å². The molecule has 13 heteroatoms. The minimum Gasteiger partial charge on any atom is -0.462 e. The average Bonchev–Trinajstić information content (AvgIpc) is 3.03. The van der Waals surface area contributed by atoms with Crippen LogP contribution in [0.3, 0.4) is 0 Å². The number of aliphatic hydroxyl groups excluding tert-OH is 6. The minimum absolute atomic E-state index is 0.158. The molecule has 8 N–H and O–H groups in total. The zero-order chi connectivity index (χ0) is 36.2. The van der Waals surface area contributed by atoms with Gasteiger partial charge in [0, 0.05) is 19.3 Å². The third kappa shape index (κ3) is 28.0. The Bertz CT molecular complexity index is 766. The van der Waals surface area contributed by atoms with E-state index in [-0.39, 0.29) is 32.5 Å². The van der Waals surface area contributed by atoms with Gasteiger partial charge in [-0.25, -0.2) is 0 Å². The molecule has 0 saturated carbocycles. The SMILES string of the molecule is CC(O)C(O)CCCCCCCC(=O)OCC(COC(=O)CCCCCCCC(O)C(C)O)OC(=O)CCCCCCCC(O)C(N)O. The Labute approximate surface area is 287 Å². The largest absolute Gasteiger partial charge is 0.462 e. The number of esters is 3. The van der Waals surface area contributed by atoms with Crippen LogP contribution >= 0.6 is 0 Å². The number of aliphatic hydroxyl groups is 6. The number of ether oxygens (including phenoxy) is 3. The lowest BCUT2D eigenvalue weighted by Gasteiger charge is -2.18. The van der Waals surface area contributed by atoms with Gasteiger partial charge in [-0.05, 0) is 52.4 Å². The first-order valence-electron chi connectivity index (χ1n) is 18.2. The Morgan fingerprint density at radius 1 is 0.479 bits per heavy atom. The van der Waals surface area contributed by atoms with Gasteiger partial charge in [0.2, 0.25) is 0 Å². The molecule has 6 atom stereocenters. The van der Waals surface area contributed by atoms with E-state index in [0.29, 0.717) is 44.9 Å². The van der Waals surface area contributed by atoms with Crippen LogP contribution in [0, 0.1) is 0 Å². The molecule has 13 nitrogen and oxygen atoms in total. The van der Waals surface area contributed by atoms with Crippen molar-refractivity contribution >= 4 is 17.9 Å². The molecule has 0 saturated heterocycles. The highest BCUT2D eigenvalue weighted by Gasteiger charge is 2.20. The van der Waals surface area contributed by atoms with Crippen molar-refractivity contribution in [2.45, 2.75) is 192 Å². The zero-order valence-corrected chi connectivity index (χ0v) is 29.5. The zero-order valence-electron chi connectivity index (χ0n) is 29.5. The Morgan fingerprint density at radius 3 is 1.15 bits per heavy atom. The molecule has 0 fully saturated rings. The van der Waals surface area contributed by atoms with E-state index >= 15 is 0 Å². The summed E-state index contributed by atoms with van der Waals surface area (Å²) in [7, 11) is 0. The molecule has 0 aromatic rings. The molecule has 0 aromatic carbocycles. The lowest BCUT2D eigenvalue weighted by Crippen LogP contribution is -2.33. The van der Waals surface area contributed by atoms with E-state index in [1.54, 1.807) is 13.8 Å². The van der Waals surface area contributed by atoms with E-state index in [1.165, 1.54) is 0 Å². The molecule has 0 bridgehead atoms. The van der Waals surface area contributed by atoms with Gasteiger partial charge in [-0.1, -0.05) is 77.0 Å². The maximum atomic E-state index is 12.5. The van der Waals surface area contributed by atoms with Gasteiger partial charge in [0.25, 0.3) is 0 Å². The van der Waals surface area contributed by atoms with Gasteiger partial charge < -0.3 is 50.6 Å². The third-order valence-electron chi connectivity index (χ3n) is 8.31. The van der Waals surface area contributed by atoms with Crippen LogP contribution < -0.4 is 5.73 Å². The molecule has 0 heterocycles. The first kappa shape index (κ1) is 46.1. The topological polar surface area (TPSA) is 226 Å². The molecule has 6 unspecified atom stereocenters. The summed E-state index contributed by atoms with van der Waals surface area (Å²) in [5.41, 5.74) is 5.23. The monoisotopic (exact) mass is 693 g/mol. The Kier molecular flexibility index (Phi) is 28.8. The van der Waals surface area contributed by atoms with Gasteiger partial charge in [-0.2, -0.15) is 0 Å². The highest BCUT2D eigenvalue weighted by Crippen LogP contribution is 2.14. The van der Waals surface area contributed by atoms with Crippen molar-refractivity contribution in [2.75, 3.05) is 13.2 Å². The van der Waals surface area contributed by atoms with Crippen LogP contribution in [0.25, 0.3) is 0 Å². The molecule has 0 aromatic heterocycles. The quantitative estimate of drug-likeness (QED) is 0.0233. The average molecular weight is 694 g/mol. The number of rotatable bonds is 32. The Balaban J connectivity index is 4.49. The van der Waals surface area contributed by atoms with Gasteiger partial charge >= 0.3 is 17.9 Å². The standard InChI is InChI=1S/C35H67NO12/c1-26(37)29(39)18-12-6-3-9-15-21-32(42)46-24-28(48-34(44)23-17-11-5-8-14-20-31(41)35(36)45)25-47-33(43)22-16-10-4-7-13-19-30(40)27(2)38/h26-31,35,37-41,45H,3-25,36H2,1-2H3. The van der Waals surface area contributed by atoms with Crippen molar-refractivity contribution < 1.29 is 59.2 Å². The second-order valence-corrected chi connectivity index (χ2v) is 13.1. The maximum absolute atomic E-state index is 12.5. The van der Waals surface area contributed by atoms with Crippen molar-refractivity contribution in [2.24, 2.45) is 5.73 Å².